The van der Waals surface area contributed by atoms with E-state index in [-0.39, 0.29) is 22.8 Å². The minimum Gasteiger partial charge on any atom is -0.360 e. The van der Waals surface area contributed by atoms with Crippen molar-refractivity contribution in [3.8, 4) is 11.3 Å². The van der Waals surface area contributed by atoms with Crippen LogP contribution in [-0.2, 0) is 6.18 Å². The summed E-state index contributed by atoms with van der Waals surface area (Å²) in [6.07, 6.45) is -3.58. The van der Waals surface area contributed by atoms with E-state index in [0.717, 1.165) is 18.3 Å². The minimum atomic E-state index is -4.54. The Bertz CT molecular complexity index is 970. The molecule has 1 amide bonds. The number of nitrogens with one attached hydrogen (secondary N) is 1. The van der Waals surface area contributed by atoms with E-state index < -0.39 is 17.6 Å². The van der Waals surface area contributed by atoms with E-state index >= 15 is 0 Å². The van der Waals surface area contributed by atoms with Crippen LogP contribution < -0.4 is 5.32 Å². The highest BCUT2D eigenvalue weighted by Gasteiger charge is 2.31. The predicted molar refractivity (Wildman–Crippen MR) is 88.9 cm³/mol. The number of aromatic nitrogens is 2. The highest BCUT2D eigenvalue weighted by atomic mass is 35.5. The molecule has 1 aromatic carbocycles. The molecule has 3 rings (SSSR count). The second-order valence-corrected chi connectivity index (χ2v) is 5.73. The van der Waals surface area contributed by atoms with Crippen molar-refractivity contribution in [3.63, 3.8) is 0 Å². The molecule has 0 aliphatic heterocycles. The van der Waals surface area contributed by atoms with E-state index in [1.165, 1.54) is 6.92 Å². The van der Waals surface area contributed by atoms with Gasteiger partial charge in [0.25, 0.3) is 5.91 Å². The SMILES string of the molecule is Cc1onc(-c2ccccc2Cl)c1C(=O)Nc1cc(C(F)(F)F)ccn1. The molecule has 3 aromatic rings. The fourth-order valence-electron chi connectivity index (χ4n) is 2.33. The quantitative estimate of drug-likeness (QED) is 0.695. The van der Waals surface area contributed by atoms with E-state index in [4.69, 9.17) is 16.1 Å². The highest BCUT2D eigenvalue weighted by molar-refractivity contribution is 6.33. The summed E-state index contributed by atoms with van der Waals surface area (Å²) >= 11 is 6.13. The minimum absolute atomic E-state index is 0.0670. The van der Waals surface area contributed by atoms with Crippen LogP contribution in [0.1, 0.15) is 21.7 Å². The number of carbonyl (C=O) groups excluding carboxylic acids is 1. The Balaban J connectivity index is 1.95. The summed E-state index contributed by atoms with van der Waals surface area (Å²) < 4.78 is 43.4. The summed E-state index contributed by atoms with van der Waals surface area (Å²) in [5.41, 5.74) is -0.195. The number of anilines is 1. The topological polar surface area (TPSA) is 68.0 Å². The normalized spacial score (nSPS) is 11.4. The molecule has 0 saturated heterocycles. The van der Waals surface area contributed by atoms with Crippen LogP contribution >= 0.6 is 11.6 Å². The zero-order chi connectivity index (χ0) is 18.9. The van der Waals surface area contributed by atoms with E-state index in [0.29, 0.717) is 10.6 Å². The summed E-state index contributed by atoms with van der Waals surface area (Å²) in [4.78, 5) is 16.3. The first-order chi connectivity index (χ1) is 12.3. The average Bonchev–Trinajstić information content (AvgIpc) is 2.96. The van der Waals surface area contributed by atoms with Crippen LogP contribution in [0.3, 0.4) is 0 Å². The van der Waals surface area contributed by atoms with Crippen LogP contribution in [0.5, 0.6) is 0 Å². The van der Waals surface area contributed by atoms with Crippen molar-refractivity contribution in [2.75, 3.05) is 5.32 Å². The number of hydrogen-bond acceptors (Lipinski definition) is 4. The van der Waals surface area contributed by atoms with Gasteiger partial charge in [-0.05, 0) is 25.1 Å². The molecule has 5 nitrogen and oxygen atoms in total. The first kappa shape index (κ1) is 17.9. The Morgan fingerprint density at radius 2 is 1.96 bits per heavy atom. The third kappa shape index (κ3) is 3.55. The lowest BCUT2D eigenvalue weighted by Gasteiger charge is -2.09. The molecule has 0 spiro atoms. The van der Waals surface area contributed by atoms with Crippen LogP contribution in [0.2, 0.25) is 5.02 Å². The van der Waals surface area contributed by atoms with Crippen molar-refractivity contribution in [2.24, 2.45) is 0 Å². The van der Waals surface area contributed by atoms with Crippen LogP contribution in [0, 0.1) is 6.92 Å². The van der Waals surface area contributed by atoms with Gasteiger partial charge in [0.2, 0.25) is 0 Å². The Morgan fingerprint density at radius 3 is 2.65 bits per heavy atom. The zero-order valence-corrected chi connectivity index (χ0v) is 14.0. The molecule has 134 valence electrons. The van der Waals surface area contributed by atoms with Gasteiger partial charge in [0, 0.05) is 11.8 Å². The molecule has 0 atom stereocenters. The Labute approximate surface area is 150 Å². The number of hydrogen-bond donors (Lipinski definition) is 1. The third-order valence-electron chi connectivity index (χ3n) is 3.55. The van der Waals surface area contributed by atoms with Gasteiger partial charge in [0.05, 0.1) is 10.6 Å². The van der Waals surface area contributed by atoms with Gasteiger partial charge >= 0.3 is 6.18 Å². The van der Waals surface area contributed by atoms with Gasteiger partial charge in [-0.25, -0.2) is 4.98 Å². The van der Waals surface area contributed by atoms with Crippen LogP contribution in [-0.4, -0.2) is 16.0 Å². The Hall–Kier alpha value is -2.87. The van der Waals surface area contributed by atoms with Crippen LogP contribution in [0.4, 0.5) is 19.0 Å². The van der Waals surface area contributed by atoms with Crippen LogP contribution in [0.25, 0.3) is 11.3 Å². The van der Waals surface area contributed by atoms with E-state index in [2.05, 4.69) is 15.5 Å². The van der Waals surface area contributed by atoms with Crippen LogP contribution in [0.15, 0.2) is 47.1 Å². The Kier molecular flexibility index (Phi) is 4.69. The van der Waals surface area contributed by atoms with Crippen molar-refractivity contribution in [3.05, 3.63) is 64.5 Å². The summed E-state index contributed by atoms with van der Waals surface area (Å²) in [6, 6.07) is 8.26. The number of alkyl halides is 3. The number of nitrogens with zero attached hydrogens (tertiary/aromatic N) is 2. The summed E-state index contributed by atoms with van der Waals surface area (Å²) in [7, 11) is 0. The molecule has 2 aromatic heterocycles. The van der Waals surface area contributed by atoms with Crippen molar-refractivity contribution in [1.82, 2.24) is 10.1 Å². The number of halogens is 4. The van der Waals surface area contributed by atoms with Crippen molar-refractivity contribution in [2.45, 2.75) is 13.1 Å². The van der Waals surface area contributed by atoms with Crippen molar-refractivity contribution in [1.29, 1.82) is 0 Å². The molecular weight excluding hydrogens is 371 g/mol. The first-order valence-corrected chi connectivity index (χ1v) is 7.71. The average molecular weight is 382 g/mol. The smallest absolute Gasteiger partial charge is 0.360 e. The van der Waals surface area contributed by atoms with E-state index in [9.17, 15) is 18.0 Å². The molecule has 26 heavy (non-hydrogen) atoms. The van der Waals surface area contributed by atoms with Gasteiger partial charge in [0.15, 0.2) is 0 Å². The van der Waals surface area contributed by atoms with E-state index in [1.54, 1.807) is 24.3 Å². The zero-order valence-electron chi connectivity index (χ0n) is 13.3. The molecule has 1 N–H and O–H groups in total. The Morgan fingerprint density at radius 1 is 1.23 bits per heavy atom. The van der Waals surface area contributed by atoms with Gasteiger partial charge in [0.1, 0.15) is 22.8 Å². The summed E-state index contributed by atoms with van der Waals surface area (Å²) in [5, 5.41) is 6.53. The molecule has 0 radical (unpaired) electrons. The number of carbonyl (C=O) groups is 1. The lowest BCUT2D eigenvalue weighted by Crippen LogP contribution is -2.15. The maximum Gasteiger partial charge on any atom is 0.416 e. The van der Waals surface area contributed by atoms with Gasteiger partial charge in [-0.1, -0.05) is 35.0 Å². The summed E-state index contributed by atoms with van der Waals surface area (Å²) in [5.74, 6) is -0.745. The molecule has 0 saturated carbocycles. The largest absolute Gasteiger partial charge is 0.416 e. The molecule has 0 aliphatic carbocycles. The lowest BCUT2D eigenvalue weighted by molar-refractivity contribution is -0.137. The van der Waals surface area contributed by atoms with Gasteiger partial charge in [-0.2, -0.15) is 13.2 Å². The molecular formula is C17H11ClF3N3O2. The summed E-state index contributed by atoms with van der Waals surface area (Å²) in [6.45, 7) is 1.52. The number of rotatable bonds is 3. The number of aryl methyl sites for hydroxylation is 1. The second kappa shape index (κ2) is 6.80. The fraction of sp³-hybridized carbons (Fsp3) is 0.118. The number of benzene rings is 1. The fourth-order valence-corrected chi connectivity index (χ4v) is 2.56. The second-order valence-electron chi connectivity index (χ2n) is 5.32. The third-order valence-corrected chi connectivity index (χ3v) is 3.88. The number of pyridine rings is 1. The monoisotopic (exact) mass is 381 g/mol. The first-order valence-electron chi connectivity index (χ1n) is 7.33. The van der Waals surface area contributed by atoms with Crippen molar-refractivity contribution < 1.29 is 22.5 Å². The van der Waals surface area contributed by atoms with Crippen molar-refractivity contribution >= 4 is 23.3 Å². The maximum atomic E-state index is 12.8. The highest BCUT2D eigenvalue weighted by Crippen LogP contribution is 2.32. The van der Waals surface area contributed by atoms with Gasteiger partial charge in [-0.3, -0.25) is 4.79 Å². The molecule has 0 fully saturated rings. The lowest BCUT2D eigenvalue weighted by atomic mass is 10.1. The number of amides is 1. The molecule has 0 aliphatic rings. The molecule has 0 unspecified atom stereocenters. The predicted octanol–water partition coefficient (Wildman–Crippen LogP) is 4.97. The standard InChI is InChI=1S/C17H11ClF3N3O2/c1-9-14(15(24-26-9)11-4-2-3-5-12(11)18)16(25)23-13-8-10(6-7-22-13)17(19,20)21/h2-8H,1H3,(H,22,23,25). The van der Waals surface area contributed by atoms with E-state index in [1.807, 2.05) is 0 Å². The van der Waals surface area contributed by atoms with Gasteiger partial charge in [-0.15, -0.1) is 0 Å². The molecule has 0 bridgehead atoms. The molecule has 9 heteroatoms. The van der Waals surface area contributed by atoms with Gasteiger partial charge < -0.3 is 9.84 Å². The molecule has 2 heterocycles. The maximum absolute atomic E-state index is 12.8.